The van der Waals surface area contributed by atoms with Crippen LogP contribution in [0.1, 0.15) is 25.7 Å². The smallest absolute Gasteiger partial charge is 0.0141 e. The van der Waals surface area contributed by atoms with E-state index in [1.165, 1.54) is 31.4 Å². The van der Waals surface area contributed by atoms with Crippen molar-refractivity contribution >= 4 is 0 Å². The predicted molar refractivity (Wildman–Crippen MR) is 37.8 cm³/mol. The zero-order chi connectivity index (χ0) is 6.10. The molecular weight excluding hydrogens is 110 g/mol. The topological polar surface area (TPSA) is 12.0 Å². The fraction of sp³-hybridized carbons (Fsp3) is 0.500. The minimum Gasteiger partial charge on any atom is -0.365 e. The third kappa shape index (κ3) is 0.766. The Morgan fingerprint density at radius 2 is 2.33 bits per heavy atom. The van der Waals surface area contributed by atoms with Gasteiger partial charge < -0.3 is 5.32 Å². The minimum atomic E-state index is 1.20. The van der Waals surface area contributed by atoms with Crippen molar-refractivity contribution in [2.75, 3.05) is 0 Å². The van der Waals surface area contributed by atoms with Crippen molar-refractivity contribution in [1.29, 1.82) is 0 Å². The molecule has 0 aromatic heterocycles. The maximum absolute atomic E-state index is 3.28. The summed E-state index contributed by atoms with van der Waals surface area (Å²) in [6, 6.07) is 0. The molecule has 0 saturated carbocycles. The van der Waals surface area contributed by atoms with Crippen molar-refractivity contribution in [3.8, 4) is 0 Å². The van der Waals surface area contributed by atoms with Crippen LogP contribution < -0.4 is 5.32 Å². The zero-order valence-electron chi connectivity index (χ0n) is 5.48. The molecule has 0 radical (unpaired) electrons. The van der Waals surface area contributed by atoms with E-state index in [0.29, 0.717) is 0 Å². The molecule has 0 fully saturated rings. The van der Waals surface area contributed by atoms with Gasteiger partial charge in [0.25, 0.3) is 0 Å². The zero-order valence-corrected chi connectivity index (χ0v) is 5.48. The standard InChI is InChI=1S/C8H11N/c1-3-7-4-2-6-9-8(7)5-1/h2,6,9H,1,3-5H2. The Labute approximate surface area is 55.5 Å². The van der Waals surface area contributed by atoms with Crippen molar-refractivity contribution in [1.82, 2.24) is 5.32 Å². The van der Waals surface area contributed by atoms with E-state index in [2.05, 4.69) is 17.6 Å². The largest absolute Gasteiger partial charge is 0.365 e. The molecule has 48 valence electrons. The van der Waals surface area contributed by atoms with Crippen molar-refractivity contribution in [3.05, 3.63) is 23.5 Å². The van der Waals surface area contributed by atoms with Crippen LogP contribution >= 0.6 is 0 Å². The molecule has 0 saturated heterocycles. The minimum absolute atomic E-state index is 1.20. The van der Waals surface area contributed by atoms with Gasteiger partial charge >= 0.3 is 0 Å². The van der Waals surface area contributed by atoms with Gasteiger partial charge in [0, 0.05) is 5.70 Å². The molecule has 1 aliphatic carbocycles. The SMILES string of the molecule is C1=CNC2=C(C1)CCC2. The first-order valence-corrected chi connectivity index (χ1v) is 3.59. The molecule has 0 aromatic rings. The van der Waals surface area contributed by atoms with Gasteiger partial charge in [0.2, 0.25) is 0 Å². The lowest BCUT2D eigenvalue weighted by Gasteiger charge is -2.09. The highest BCUT2D eigenvalue weighted by Crippen LogP contribution is 2.28. The fourth-order valence-corrected chi connectivity index (χ4v) is 1.57. The molecule has 2 rings (SSSR count). The molecule has 0 aromatic carbocycles. The molecule has 9 heavy (non-hydrogen) atoms. The lowest BCUT2D eigenvalue weighted by atomic mass is 10.1. The van der Waals surface area contributed by atoms with E-state index >= 15 is 0 Å². The Kier molecular flexibility index (Phi) is 1.08. The van der Waals surface area contributed by atoms with Gasteiger partial charge in [-0.15, -0.1) is 0 Å². The van der Waals surface area contributed by atoms with Gasteiger partial charge in [-0.3, -0.25) is 0 Å². The Bertz CT molecular complexity index is 159. The van der Waals surface area contributed by atoms with E-state index in [-0.39, 0.29) is 0 Å². The third-order valence-electron chi connectivity index (χ3n) is 2.07. The van der Waals surface area contributed by atoms with Crippen LogP contribution in [-0.2, 0) is 0 Å². The number of allylic oxidation sites excluding steroid dienone is 3. The van der Waals surface area contributed by atoms with Gasteiger partial charge in [0.1, 0.15) is 0 Å². The summed E-state index contributed by atoms with van der Waals surface area (Å²) in [5.41, 5.74) is 3.13. The van der Waals surface area contributed by atoms with Gasteiger partial charge in [-0.05, 0) is 37.5 Å². The summed E-state index contributed by atoms with van der Waals surface area (Å²) < 4.78 is 0. The summed E-state index contributed by atoms with van der Waals surface area (Å²) in [5.74, 6) is 0. The molecule has 0 spiro atoms. The monoisotopic (exact) mass is 121 g/mol. The fourth-order valence-electron chi connectivity index (χ4n) is 1.57. The molecule has 1 N–H and O–H groups in total. The van der Waals surface area contributed by atoms with Gasteiger partial charge in [-0.25, -0.2) is 0 Å². The summed E-state index contributed by atoms with van der Waals surface area (Å²) in [7, 11) is 0. The highest BCUT2D eigenvalue weighted by Gasteiger charge is 2.13. The van der Waals surface area contributed by atoms with E-state index in [0.717, 1.165) is 0 Å². The van der Waals surface area contributed by atoms with E-state index in [1.54, 1.807) is 5.57 Å². The summed E-state index contributed by atoms with van der Waals surface area (Å²) in [4.78, 5) is 0. The Morgan fingerprint density at radius 3 is 3.22 bits per heavy atom. The molecule has 0 atom stereocenters. The maximum atomic E-state index is 3.28. The van der Waals surface area contributed by atoms with Crippen LogP contribution in [0.4, 0.5) is 0 Å². The summed E-state index contributed by atoms with van der Waals surface area (Å²) >= 11 is 0. The molecule has 1 heterocycles. The number of dihydropyridines is 1. The summed E-state index contributed by atoms with van der Waals surface area (Å²) in [6.07, 6.45) is 9.42. The lowest BCUT2D eigenvalue weighted by Crippen LogP contribution is -2.07. The van der Waals surface area contributed by atoms with Gasteiger partial charge in [-0.2, -0.15) is 0 Å². The van der Waals surface area contributed by atoms with Crippen LogP contribution in [0.5, 0.6) is 0 Å². The normalized spacial score (nSPS) is 24.0. The average Bonchev–Trinajstić information content (AvgIpc) is 2.33. The summed E-state index contributed by atoms with van der Waals surface area (Å²) in [5, 5.41) is 3.28. The Hall–Kier alpha value is -0.720. The number of nitrogens with one attached hydrogen (secondary N) is 1. The second-order valence-corrected chi connectivity index (χ2v) is 2.69. The van der Waals surface area contributed by atoms with Crippen molar-refractivity contribution in [2.24, 2.45) is 0 Å². The van der Waals surface area contributed by atoms with Crippen LogP contribution in [-0.4, -0.2) is 0 Å². The molecule has 1 aliphatic heterocycles. The van der Waals surface area contributed by atoms with Crippen molar-refractivity contribution < 1.29 is 0 Å². The quantitative estimate of drug-likeness (QED) is 0.516. The number of hydrogen-bond acceptors (Lipinski definition) is 1. The third-order valence-corrected chi connectivity index (χ3v) is 2.07. The van der Waals surface area contributed by atoms with E-state index in [4.69, 9.17) is 0 Å². The molecule has 2 aliphatic rings. The van der Waals surface area contributed by atoms with Crippen molar-refractivity contribution in [2.45, 2.75) is 25.7 Å². The predicted octanol–water partition coefficient (Wildman–Crippen LogP) is 1.93. The van der Waals surface area contributed by atoms with Gasteiger partial charge in [0.15, 0.2) is 0 Å². The highest BCUT2D eigenvalue weighted by molar-refractivity contribution is 5.25. The van der Waals surface area contributed by atoms with Gasteiger partial charge in [0.05, 0.1) is 0 Å². The second kappa shape index (κ2) is 1.90. The van der Waals surface area contributed by atoms with E-state index in [1.807, 2.05) is 0 Å². The molecule has 1 heteroatoms. The first-order chi connectivity index (χ1) is 4.47. The first kappa shape index (κ1) is 5.10. The average molecular weight is 121 g/mol. The van der Waals surface area contributed by atoms with Crippen molar-refractivity contribution in [3.63, 3.8) is 0 Å². The van der Waals surface area contributed by atoms with E-state index in [9.17, 15) is 0 Å². The van der Waals surface area contributed by atoms with Crippen LogP contribution in [0.3, 0.4) is 0 Å². The van der Waals surface area contributed by atoms with Crippen LogP contribution in [0.15, 0.2) is 23.5 Å². The Balaban J connectivity index is 2.21. The highest BCUT2D eigenvalue weighted by atomic mass is 14.9. The molecular formula is C8H11N. The number of hydrogen-bond donors (Lipinski definition) is 1. The van der Waals surface area contributed by atoms with Crippen LogP contribution in [0.2, 0.25) is 0 Å². The van der Waals surface area contributed by atoms with Crippen LogP contribution in [0, 0.1) is 0 Å². The molecule has 0 unspecified atom stereocenters. The number of rotatable bonds is 0. The van der Waals surface area contributed by atoms with E-state index < -0.39 is 0 Å². The Morgan fingerprint density at radius 1 is 1.33 bits per heavy atom. The molecule has 1 nitrogen and oxygen atoms in total. The lowest BCUT2D eigenvalue weighted by molar-refractivity contribution is 0.866. The first-order valence-electron chi connectivity index (χ1n) is 3.59. The summed E-state index contributed by atoms with van der Waals surface area (Å²) in [6.45, 7) is 0. The second-order valence-electron chi connectivity index (χ2n) is 2.69. The molecule has 0 bridgehead atoms. The van der Waals surface area contributed by atoms with Gasteiger partial charge in [-0.1, -0.05) is 6.08 Å². The molecule has 0 amide bonds. The maximum Gasteiger partial charge on any atom is 0.0141 e. The van der Waals surface area contributed by atoms with Crippen LogP contribution in [0.25, 0.3) is 0 Å².